The predicted molar refractivity (Wildman–Crippen MR) is 59.2 cm³/mol. The fraction of sp³-hybridized carbons (Fsp3) is 0.636. The summed E-state index contributed by atoms with van der Waals surface area (Å²) < 4.78 is 6.76. The molecule has 1 aliphatic heterocycles. The first-order valence-corrected chi connectivity index (χ1v) is 5.54. The van der Waals surface area contributed by atoms with Crippen molar-refractivity contribution in [3.8, 4) is 0 Å². The fourth-order valence-corrected chi connectivity index (χ4v) is 1.80. The zero-order valence-electron chi connectivity index (χ0n) is 9.48. The lowest BCUT2D eigenvalue weighted by molar-refractivity contribution is 0.0253. The van der Waals surface area contributed by atoms with Gasteiger partial charge in [-0.1, -0.05) is 6.92 Å². The molecule has 0 aliphatic carbocycles. The van der Waals surface area contributed by atoms with E-state index in [0.29, 0.717) is 6.54 Å². The zero-order chi connectivity index (χ0) is 11.4. The number of hydrogen-bond donors (Lipinski definition) is 1. The van der Waals surface area contributed by atoms with E-state index in [1.165, 1.54) is 10.9 Å². The number of amides is 1. The molecule has 2 heterocycles. The highest BCUT2D eigenvalue weighted by Gasteiger charge is 2.27. The molecule has 0 bridgehead atoms. The summed E-state index contributed by atoms with van der Waals surface area (Å²) in [6, 6.07) is -0.120. The van der Waals surface area contributed by atoms with E-state index in [1.807, 2.05) is 0 Å². The lowest BCUT2D eigenvalue weighted by atomic mass is 9.82. The first kappa shape index (κ1) is 11.1. The summed E-state index contributed by atoms with van der Waals surface area (Å²) in [5.74, 6) is 0. The zero-order valence-corrected chi connectivity index (χ0v) is 9.48. The van der Waals surface area contributed by atoms with Crippen LogP contribution in [-0.2, 0) is 4.74 Å². The summed E-state index contributed by atoms with van der Waals surface area (Å²) in [6.45, 7) is 4.45. The molecule has 1 aromatic rings. The summed E-state index contributed by atoms with van der Waals surface area (Å²) in [6.07, 6.45) is 6.73. The summed E-state index contributed by atoms with van der Waals surface area (Å²) in [5, 5.41) is 2.92. The number of imidazole rings is 1. The van der Waals surface area contributed by atoms with Crippen LogP contribution in [0.3, 0.4) is 0 Å². The molecule has 1 amide bonds. The third-order valence-electron chi connectivity index (χ3n) is 3.11. The number of aromatic nitrogens is 2. The van der Waals surface area contributed by atoms with E-state index in [-0.39, 0.29) is 11.4 Å². The van der Waals surface area contributed by atoms with Crippen molar-refractivity contribution in [2.45, 2.75) is 19.8 Å². The Kier molecular flexibility index (Phi) is 3.24. The van der Waals surface area contributed by atoms with Crippen molar-refractivity contribution in [3.05, 3.63) is 18.7 Å². The van der Waals surface area contributed by atoms with Gasteiger partial charge in [-0.05, 0) is 18.3 Å². The van der Waals surface area contributed by atoms with E-state index in [0.717, 1.165) is 26.1 Å². The Bertz CT molecular complexity index is 342. The average molecular weight is 223 g/mol. The minimum Gasteiger partial charge on any atom is -0.381 e. The van der Waals surface area contributed by atoms with E-state index in [9.17, 15) is 4.79 Å². The molecule has 16 heavy (non-hydrogen) atoms. The Balaban J connectivity index is 1.84. The van der Waals surface area contributed by atoms with Crippen molar-refractivity contribution >= 4 is 6.03 Å². The number of hydrogen-bond acceptors (Lipinski definition) is 3. The van der Waals surface area contributed by atoms with Crippen LogP contribution < -0.4 is 5.32 Å². The van der Waals surface area contributed by atoms with Gasteiger partial charge in [-0.25, -0.2) is 9.78 Å². The molecule has 0 atom stereocenters. The Morgan fingerprint density at radius 2 is 2.31 bits per heavy atom. The second kappa shape index (κ2) is 4.65. The van der Waals surface area contributed by atoms with Gasteiger partial charge >= 0.3 is 6.03 Å². The van der Waals surface area contributed by atoms with Crippen LogP contribution in [0, 0.1) is 5.41 Å². The van der Waals surface area contributed by atoms with Gasteiger partial charge in [0.1, 0.15) is 6.33 Å². The quantitative estimate of drug-likeness (QED) is 0.821. The van der Waals surface area contributed by atoms with Gasteiger partial charge in [-0.3, -0.25) is 4.57 Å². The van der Waals surface area contributed by atoms with Crippen LogP contribution in [0.1, 0.15) is 19.8 Å². The van der Waals surface area contributed by atoms with Gasteiger partial charge in [0.05, 0.1) is 0 Å². The van der Waals surface area contributed by atoms with E-state index >= 15 is 0 Å². The third-order valence-corrected chi connectivity index (χ3v) is 3.11. The molecule has 0 aromatic carbocycles. The van der Waals surface area contributed by atoms with Crippen LogP contribution in [0.25, 0.3) is 0 Å². The van der Waals surface area contributed by atoms with Crippen LogP contribution in [0.5, 0.6) is 0 Å². The molecule has 88 valence electrons. The summed E-state index contributed by atoms with van der Waals surface area (Å²) in [7, 11) is 0. The number of carbonyl (C=O) groups excluding carboxylic acids is 1. The molecule has 0 spiro atoms. The number of ether oxygens (including phenoxy) is 1. The van der Waals surface area contributed by atoms with Crippen molar-refractivity contribution in [1.82, 2.24) is 14.9 Å². The van der Waals surface area contributed by atoms with Crippen LogP contribution in [0.15, 0.2) is 18.7 Å². The molecule has 1 fully saturated rings. The number of rotatable bonds is 2. The van der Waals surface area contributed by atoms with Crippen LogP contribution in [0.2, 0.25) is 0 Å². The maximum Gasteiger partial charge on any atom is 0.326 e. The monoisotopic (exact) mass is 223 g/mol. The minimum atomic E-state index is -0.120. The highest BCUT2D eigenvalue weighted by Crippen LogP contribution is 2.28. The number of nitrogens with one attached hydrogen (secondary N) is 1. The highest BCUT2D eigenvalue weighted by atomic mass is 16.5. The maximum absolute atomic E-state index is 11.7. The Labute approximate surface area is 94.8 Å². The van der Waals surface area contributed by atoms with E-state index in [2.05, 4.69) is 17.2 Å². The normalized spacial score (nSPS) is 19.3. The van der Waals surface area contributed by atoms with Gasteiger partial charge < -0.3 is 10.1 Å². The maximum atomic E-state index is 11.7. The first-order chi connectivity index (χ1) is 7.70. The Hall–Kier alpha value is -1.36. The lowest BCUT2D eigenvalue weighted by Gasteiger charge is -2.33. The van der Waals surface area contributed by atoms with Gasteiger partial charge in [0.15, 0.2) is 0 Å². The van der Waals surface area contributed by atoms with Crippen molar-refractivity contribution in [1.29, 1.82) is 0 Å². The second-order valence-corrected chi connectivity index (χ2v) is 4.55. The molecule has 5 nitrogen and oxygen atoms in total. The Morgan fingerprint density at radius 1 is 1.56 bits per heavy atom. The summed E-state index contributed by atoms with van der Waals surface area (Å²) >= 11 is 0. The van der Waals surface area contributed by atoms with Gasteiger partial charge in [0.25, 0.3) is 0 Å². The van der Waals surface area contributed by atoms with E-state index in [4.69, 9.17) is 4.74 Å². The molecule has 1 N–H and O–H groups in total. The molecule has 1 aromatic heterocycles. The van der Waals surface area contributed by atoms with Gasteiger partial charge in [0, 0.05) is 32.2 Å². The molecule has 2 rings (SSSR count). The van der Waals surface area contributed by atoms with Crippen molar-refractivity contribution in [2.75, 3.05) is 19.8 Å². The fourth-order valence-electron chi connectivity index (χ4n) is 1.80. The Morgan fingerprint density at radius 3 is 2.94 bits per heavy atom. The summed E-state index contributed by atoms with van der Waals surface area (Å²) in [5.41, 5.74) is 0.161. The third kappa shape index (κ3) is 2.61. The smallest absolute Gasteiger partial charge is 0.326 e. The second-order valence-electron chi connectivity index (χ2n) is 4.55. The standard InChI is InChI=1S/C11H17N3O2/c1-11(2-6-16-7-3-11)8-13-10(15)14-5-4-12-9-14/h4-5,9H,2-3,6-8H2,1H3,(H,13,15). The van der Waals surface area contributed by atoms with Gasteiger partial charge in [0.2, 0.25) is 0 Å². The average Bonchev–Trinajstić information content (AvgIpc) is 2.80. The van der Waals surface area contributed by atoms with Gasteiger partial charge in [-0.15, -0.1) is 0 Å². The summed E-state index contributed by atoms with van der Waals surface area (Å²) in [4.78, 5) is 15.5. The molecule has 0 saturated carbocycles. The van der Waals surface area contributed by atoms with Crippen molar-refractivity contribution < 1.29 is 9.53 Å². The number of carbonyl (C=O) groups is 1. The highest BCUT2D eigenvalue weighted by molar-refractivity contribution is 5.76. The largest absolute Gasteiger partial charge is 0.381 e. The molecule has 5 heteroatoms. The molecule has 1 aliphatic rings. The van der Waals surface area contributed by atoms with Crippen molar-refractivity contribution in [2.24, 2.45) is 5.41 Å². The van der Waals surface area contributed by atoms with Gasteiger partial charge in [-0.2, -0.15) is 0 Å². The number of nitrogens with zero attached hydrogens (tertiary/aromatic N) is 2. The molecule has 0 unspecified atom stereocenters. The van der Waals surface area contributed by atoms with E-state index in [1.54, 1.807) is 12.4 Å². The van der Waals surface area contributed by atoms with Crippen molar-refractivity contribution in [3.63, 3.8) is 0 Å². The molecular formula is C11H17N3O2. The topological polar surface area (TPSA) is 56.2 Å². The van der Waals surface area contributed by atoms with Crippen LogP contribution in [-0.4, -0.2) is 35.3 Å². The minimum absolute atomic E-state index is 0.120. The molecule has 1 saturated heterocycles. The van der Waals surface area contributed by atoms with Crippen LogP contribution in [0.4, 0.5) is 4.79 Å². The lowest BCUT2D eigenvalue weighted by Crippen LogP contribution is -2.40. The first-order valence-electron chi connectivity index (χ1n) is 5.54. The SMILES string of the molecule is CC1(CNC(=O)n2ccnc2)CCOCC1. The molecule has 0 radical (unpaired) electrons. The van der Waals surface area contributed by atoms with Crippen LogP contribution >= 0.6 is 0 Å². The molecular weight excluding hydrogens is 206 g/mol. The predicted octanol–water partition coefficient (Wildman–Crippen LogP) is 1.26. The van der Waals surface area contributed by atoms with E-state index < -0.39 is 0 Å².